The minimum absolute atomic E-state index is 0.146. The number of carbonyl (C=O) groups is 1. The van der Waals surface area contributed by atoms with Crippen LogP contribution in [0.3, 0.4) is 0 Å². The van der Waals surface area contributed by atoms with E-state index < -0.39 is 6.10 Å². The molecule has 3 rings (SSSR count). The van der Waals surface area contributed by atoms with Crippen LogP contribution in [0.1, 0.15) is 24.1 Å². The van der Waals surface area contributed by atoms with E-state index in [4.69, 9.17) is 0 Å². The zero-order chi connectivity index (χ0) is 16.4. The van der Waals surface area contributed by atoms with Crippen LogP contribution in [-0.2, 0) is 17.8 Å². The molecular formula is C16H25N5O2. The van der Waals surface area contributed by atoms with Gasteiger partial charge in [0, 0.05) is 58.2 Å². The first-order chi connectivity index (χ1) is 11.0. The van der Waals surface area contributed by atoms with E-state index in [2.05, 4.69) is 21.9 Å². The number of rotatable bonds is 5. The molecule has 1 atom stereocenters. The van der Waals surface area contributed by atoms with Crippen LogP contribution in [0.5, 0.6) is 0 Å². The molecule has 1 fully saturated rings. The van der Waals surface area contributed by atoms with Crippen LogP contribution in [0, 0.1) is 0 Å². The van der Waals surface area contributed by atoms with E-state index in [9.17, 15) is 9.90 Å². The van der Waals surface area contributed by atoms with Gasteiger partial charge < -0.3 is 19.8 Å². The Labute approximate surface area is 136 Å². The van der Waals surface area contributed by atoms with Crippen molar-refractivity contribution in [2.45, 2.75) is 31.9 Å². The molecule has 2 aliphatic heterocycles. The SMILES string of the molecule is CN1CCc2ncnc(N(C)C[C@H](O)CN3CCCC3=O)c2C1. The molecule has 3 heterocycles. The Morgan fingerprint density at radius 1 is 1.35 bits per heavy atom. The monoisotopic (exact) mass is 319 g/mol. The maximum absolute atomic E-state index is 11.7. The molecule has 0 bridgehead atoms. The third-order valence-electron chi connectivity index (χ3n) is 4.62. The number of aliphatic hydroxyl groups excluding tert-OH is 1. The van der Waals surface area contributed by atoms with Gasteiger partial charge in [-0.1, -0.05) is 0 Å². The Kier molecular flexibility index (Phi) is 4.77. The van der Waals surface area contributed by atoms with E-state index in [1.807, 2.05) is 11.9 Å². The van der Waals surface area contributed by atoms with Crippen LogP contribution in [0.4, 0.5) is 5.82 Å². The topological polar surface area (TPSA) is 72.8 Å². The van der Waals surface area contributed by atoms with Gasteiger partial charge in [-0.2, -0.15) is 0 Å². The summed E-state index contributed by atoms with van der Waals surface area (Å²) in [5, 5.41) is 10.3. The van der Waals surface area contributed by atoms with Crippen LogP contribution in [0.15, 0.2) is 6.33 Å². The van der Waals surface area contributed by atoms with Crippen molar-refractivity contribution in [3.05, 3.63) is 17.6 Å². The molecule has 0 saturated carbocycles. The molecule has 7 nitrogen and oxygen atoms in total. The number of aromatic nitrogens is 2. The highest BCUT2D eigenvalue weighted by Crippen LogP contribution is 2.24. The summed E-state index contributed by atoms with van der Waals surface area (Å²) in [4.78, 5) is 26.5. The Morgan fingerprint density at radius 2 is 2.17 bits per heavy atom. The predicted molar refractivity (Wildman–Crippen MR) is 87.2 cm³/mol. The number of amides is 1. The average molecular weight is 319 g/mol. The van der Waals surface area contributed by atoms with Gasteiger partial charge in [0.15, 0.2) is 0 Å². The Morgan fingerprint density at radius 3 is 2.91 bits per heavy atom. The van der Waals surface area contributed by atoms with Crippen LogP contribution >= 0.6 is 0 Å². The fourth-order valence-electron chi connectivity index (χ4n) is 3.40. The molecule has 1 saturated heterocycles. The van der Waals surface area contributed by atoms with Gasteiger partial charge >= 0.3 is 0 Å². The van der Waals surface area contributed by atoms with Crippen molar-refractivity contribution in [2.24, 2.45) is 0 Å². The zero-order valence-electron chi connectivity index (χ0n) is 13.9. The second-order valence-corrected chi connectivity index (χ2v) is 6.59. The van der Waals surface area contributed by atoms with Crippen LogP contribution < -0.4 is 4.90 Å². The lowest BCUT2D eigenvalue weighted by molar-refractivity contribution is -0.128. The summed E-state index contributed by atoms with van der Waals surface area (Å²) < 4.78 is 0. The van der Waals surface area contributed by atoms with Gasteiger partial charge in [0.2, 0.25) is 5.91 Å². The second kappa shape index (κ2) is 6.80. The molecule has 0 radical (unpaired) electrons. The molecule has 0 aromatic carbocycles. The largest absolute Gasteiger partial charge is 0.389 e. The molecule has 1 aromatic rings. The normalized spacial score (nSPS) is 19.8. The number of aliphatic hydroxyl groups is 1. The summed E-state index contributed by atoms with van der Waals surface area (Å²) in [6.45, 7) is 3.45. The molecule has 23 heavy (non-hydrogen) atoms. The second-order valence-electron chi connectivity index (χ2n) is 6.59. The average Bonchev–Trinajstić information content (AvgIpc) is 2.91. The summed E-state index contributed by atoms with van der Waals surface area (Å²) in [6, 6.07) is 0. The maximum atomic E-state index is 11.7. The fourth-order valence-corrected chi connectivity index (χ4v) is 3.40. The van der Waals surface area contributed by atoms with Crippen molar-refractivity contribution in [3.63, 3.8) is 0 Å². The lowest BCUT2D eigenvalue weighted by Crippen LogP contribution is -2.40. The standard InChI is InChI=1S/C16H25N5O2/c1-19-7-5-14-13(10-19)16(18-11-17-14)20(2)8-12(22)9-21-6-3-4-15(21)23/h11-12,22H,3-10H2,1-2H3/t12-/m0/s1. The zero-order valence-corrected chi connectivity index (χ0v) is 13.9. The lowest BCUT2D eigenvalue weighted by Gasteiger charge is -2.30. The first kappa shape index (κ1) is 16.1. The highest BCUT2D eigenvalue weighted by Gasteiger charge is 2.25. The van der Waals surface area contributed by atoms with E-state index in [1.54, 1.807) is 11.2 Å². The van der Waals surface area contributed by atoms with Gasteiger partial charge in [-0.25, -0.2) is 9.97 Å². The summed E-state index contributed by atoms with van der Waals surface area (Å²) in [5.41, 5.74) is 2.25. The number of hydrogen-bond donors (Lipinski definition) is 1. The first-order valence-electron chi connectivity index (χ1n) is 8.23. The van der Waals surface area contributed by atoms with Gasteiger partial charge in [0.25, 0.3) is 0 Å². The summed E-state index contributed by atoms with van der Waals surface area (Å²) in [5.74, 6) is 1.03. The Bertz CT molecular complexity index is 580. The minimum atomic E-state index is -0.575. The number of anilines is 1. The van der Waals surface area contributed by atoms with Crippen LogP contribution in [-0.4, -0.2) is 77.2 Å². The first-order valence-corrected chi connectivity index (χ1v) is 8.23. The number of fused-ring (bicyclic) bond motifs is 1. The number of likely N-dealkylation sites (N-methyl/N-ethyl adjacent to an activating group) is 2. The number of hydrogen-bond acceptors (Lipinski definition) is 6. The van der Waals surface area contributed by atoms with Crippen LogP contribution in [0.2, 0.25) is 0 Å². The van der Waals surface area contributed by atoms with Crippen molar-refractivity contribution in [2.75, 3.05) is 45.2 Å². The van der Waals surface area contributed by atoms with Crippen molar-refractivity contribution in [1.82, 2.24) is 19.8 Å². The fraction of sp³-hybridized carbons (Fsp3) is 0.688. The van der Waals surface area contributed by atoms with Crippen molar-refractivity contribution in [1.29, 1.82) is 0 Å². The van der Waals surface area contributed by atoms with E-state index >= 15 is 0 Å². The van der Waals surface area contributed by atoms with Gasteiger partial charge in [-0.3, -0.25) is 4.79 Å². The molecule has 7 heteroatoms. The molecule has 0 unspecified atom stereocenters. The van der Waals surface area contributed by atoms with E-state index in [-0.39, 0.29) is 5.91 Å². The summed E-state index contributed by atoms with van der Waals surface area (Å²) in [6.07, 6.45) is 3.46. The van der Waals surface area contributed by atoms with Gasteiger partial charge in [-0.05, 0) is 13.5 Å². The molecule has 126 valence electrons. The Hall–Kier alpha value is -1.73. The molecule has 1 amide bonds. The molecular weight excluding hydrogens is 294 g/mol. The smallest absolute Gasteiger partial charge is 0.222 e. The Balaban J connectivity index is 1.66. The summed E-state index contributed by atoms with van der Waals surface area (Å²) in [7, 11) is 4.03. The van der Waals surface area contributed by atoms with Crippen LogP contribution in [0.25, 0.3) is 0 Å². The van der Waals surface area contributed by atoms with Gasteiger partial charge in [0.05, 0.1) is 11.8 Å². The number of nitrogens with zero attached hydrogens (tertiary/aromatic N) is 5. The number of carbonyl (C=O) groups excluding carboxylic acids is 1. The predicted octanol–water partition coefficient (Wildman–Crippen LogP) is -0.116. The highest BCUT2D eigenvalue weighted by molar-refractivity contribution is 5.78. The van der Waals surface area contributed by atoms with E-state index in [1.165, 1.54) is 0 Å². The van der Waals surface area contributed by atoms with E-state index in [0.717, 1.165) is 49.6 Å². The molecule has 0 spiro atoms. The third-order valence-corrected chi connectivity index (χ3v) is 4.62. The highest BCUT2D eigenvalue weighted by atomic mass is 16.3. The third kappa shape index (κ3) is 3.61. The molecule has 0 aliphatic carbocycles. The molecule has 1 N–H and O–H groups in total. The molecule has 1 aromatic heterocycles. The van der Waals surface area contributed by atoms with Gasteiger partial charge in [0.1, 0.15) is 12.1 Å². The summed E-state index contributed by atoms with van der Waals surface area (Å²) >= 11 is 0. The van der Waals surface area contributed by atoms with E-state index in [0.29, 0.717) is 19.5 Å². The molecule has 2 aliphatic rings. The number of β-amino-alcohol motifs (C(OH)–C–C–N with tert-alkyl or cyclic N) is 1. The van der Waals surface area contributed by atoms with Crippen molar-refractivity contribution >= 4 is 11.7 Å². The minimum Gasteiger partial charge on any atom is -0.389 e. The van der Waals surface area contributed by atoms with Gasteiger partial charge in [-0.15, -0.1) is 0 Å². The number of likely N-dealkylation sites (tertiary alicyclic amines) is 1. The quantitative estimate of drug-likeness (QED) is 0.816. The van der Waals surface area contributed by atoms with Crippen molar-refractivity contribution < 1.29 is 9.90 Å². The maximum Gasteiger partial charge on any atom is 0.222 e. The lowest BCUT2D eigenvalue weighted by atomic mass is 10.1. The van der Waals surface area contributed by atoms with Crippen molar-refractivity contribution in [3.8, 4) is 0 Å².